The first-order chi connectivity index (χ1) is 16.7. The summed E-state index contributed by atoms with van der Waals surface area (Å²) in [7, 11) is 1.77. The monoisotopic (exact) mass is 535 g/mol. The highest BCUT2D eigenvalue weighted by molar-refractivity contribution is 6.42. The van der Waals surface area contributed by atoms with E-state index in [2.05, 4.69) is 0 Å². The third-order valence-electron chi connectivity index (χ3n) is 7.17. The molecule has 0 aromatic heterocycles. The van der Waals surface area contributed by atoms with E-state index in [4.69, 9.17) is 34.8 Å². The molecular formula is C26H28Cl3N3O3. The molecule has 3 amide bonds. The molecule has 0 radical (unpaired) electrons. The van der Waals surface area contributed by atoms with Gasteiger partial charge in [0.15, 0.2) is 0 Å². The van der Waals surface area contributed by atoms with Crippen LogP contribution in [0.25, 0.3) is 0 Å². The number of benzene rings is 2. The molecule has 6 nitrogen and oxygen atoms in total. The number of carbonyl (C=O) groups is 3. The summed E-state index contributed by atoms with van der Waals surface area (Å²) >= 11 is 18.5. The summed E-state index contributed by atoms with van der Waals surface area (Å²) in [5, 5.41) is 1.46. The largest absolute Gasteiger partial charge is 0.343 e. The molecule has 2 aromatic rings. The van der Waals surface area contributed by atoms with Crippen LogP contribution in [0.4, 0.5) is 0 Å². The zero-order valence-corrected chi connectivity index (χ0v) is 22.0. The van der Waals surface area contributed by atoms with E-state index in [9.17, 15) is 14.4 Å². The molecule has 0 aliphatic carbocycles. The van der Waals surface area contributed by atoms with Gasteiger partial charge in [-0.1, -0.05) is 40.9 Å². The number of likely N-dealkylation sites (tertiary alicyclic amines) is 2. The molecule has 2 heterocycles. The lowest BCUT2D eigenvalue weighted by atomic mass is 9.93. The maximum atomic E-state index is 13.5. The molecule has 0 bridgehead atoms. The lowest BCUT2D eigenvalue weighted by Gasteiger charge is -2.33. The SMILES string of the molecule is CC(=O)N1CCC(C(=O)N2C[C@@H](N(C)C(=O)c3ccc(Cl)cc3)[C@H](c3ccc(Cl)c(Cl)c3)C2)CC1. The van der Waals surface area contributed by atoms with Crippen LogP contribution in [-0.4, -0.2) is 71.7 Å². The standard InChI is InChI=1S/C26H28Cl3N3O3/c1-16(33)31-11-9-18(10-12-31)26(35)32-14-21(19-5-8-22(28)23(29)13-19)24(15-32)30(2)25(34)17-3-6-20(27)7-4-17/h3-8,13,18,21,24H,9-12,14-15H2,1-2H3/t21-,24+/m0/s1. The van der Waals surface area contributed by atoms with E-state index in [1.165, 1.54) is 0 Å². The number of carbonyl (C=O) groups excluding carboxylic acids is 3. The molecule has 35 heavy (non-hydrogen) atoms. The van der Waals surface area contributed by atoms with Crippen LogP contribution in [0.1, 0.15) is 41.6 Å². The Balaban J connectivity index is 1.57. The second-order valence-corrected chi connectivity index (χ2v) is 10.5. The normalized spacial score (nSPS) is 20.7. The van der Waals surface area contributed by atoms with Gasteiger partial charge in [0, 0.05) is 62.6 Å². The zero-order chi connectivity index (χ0) is 25.3. The van der Waals surface area contributed by atoms with Crippen molar-refractivity contribution in [3.8, 4) is 0 Å². The van der Waals surface area contributed by atoms with Crippen LogP contribution in [0.15, 0.2) is 42.5 Å². The lowest BCUT2D eigenvalue weighted by Crippen LogP contribution is -2.45. The predicted molar refractivity (Wildman–Crippen MR) is 138 cm³/mol. The first-order valence-electron chi connectivity index (χ1n) is 11.7. The van der Waals surface area contributed by atoms with Gasteiger partial charge in [-0.3, -0.25) is 14.4 Å². The van der Waals surface area contributed by atoms with Crippen LogP contribution < -0.4 is 0 Å². The van der Waals surface area contributed by atoms with Gasteiger partial charge in [0.25, 0.3) is 5.91 Å². The van der Waals surface area contributed by atoms with Gasteiger partial charge in [0.05, 0.1) is 16.1 Å². The van der Waals surface area contributed by atoms with Gasteiger partial charge in [-0.05, 0) is 54.8 Å². The molecule has 2 fully saturated rings. The van der Waals surface area contributed by atoms with E-state index in [-0.39, 0.29) is 35.6 Å². The van der Waals surface area contributed by atoms with E-state index < -0.39 is 0 Å². The fraction of sp³-hybridized carbons (Fsp3) is 0.423. The Bertz CT molecular complexity index is 1120. The van der Waals surface area contributed by atoms with Gasteiger partial charge in [-0.25, -0.2) is 0 Å². The molecular weight excluding hydrogens is 509 g/mol. The summed E-state index contributed by atoms with van der Waals surface area (Å²) < 4.78 is 0. The molecule has 2 atom stereocenters. The van der Waals surface area contributed by atoms with Crippen molar-refractivity contribution in [1.29, 1.82) is 0 Å². The van der Waals surface area contributed by atoms with E-state index >= 15 is 0 Å². The quantitative estimate of drug-likeness (QED) is 0.554. The maximum Gasteiger partial charge on any atom is 0.253 e. The van der Waals surface area contributed by atoms with Crippen LogP contribution in [0.5, 0.6) is 0 Å². The molecule has 0 unspecified atom stereocenters. The first kappa shape index (κ1) is 25.8. The smallest absolute Gasteiger partial charge is 0.253 e. The highest BCUT2D eigenvalue weighted by Gasteiger charge is 2.42. The summed E-state index contributed by atoms with van der Waals surface area (Å²) in [5.74, 6) is -0.267. The van der Waals surface area contributed by atoms with Crippen LogP contribution in [0, 0.1) is 5.92 Å². The number of rotatable bonds is 4. The van der Waals surface area contributed by atoms with Crippen LogP contribution in [0.2, 0.25) is 15.1 Å². The Morgan fingerprint density at radius 2 is 1.54 bits per heavy atom. The summed E-state index contributed by atoms with van der Waals surface area (Å²) in [6, 6.07) is 12.0. The first-order valence-corrected chi connectivity index (χ1v) is 12.8. The van der Waals surface area contributed by atoms with Crippen molar-refractivity contribution in [2.24, 2.45) is 5.92 Å². The predicted octanol–water partition coefficient (Wildman–Crippen LogP) is 4.97. The summed E-state index contributed by atoms with van der Waals surface area (Å²) in [5.41, 5.74) is 1.47. The van der Waals surface area contributed by atoms with Crippen molar-refractivity contribution in [2.75, 3.05) is 33.2 Å². The van der Waals surface area contributed by atoms with E-state index in [1.54, 1.807) is 54.1 Å². The minimum absolute atomic E-state index is 0.0409. The van der Waals surface area contributed by atoms with Crippen LogP contribution >= 0.6 is 34.8 Å². The fourth-order valence-electron chi connectivity index (χ4n) is 5.08. The molecule has 186 valence electrons. The second-order valence-electron chi connectivity index (χ2n) is 9.29. The van der Waals surface area contributed by atoms with Crippen molar-refractivity contribution < 1.29 is 14.4 Å². The molecule has 9 heteroatoms. The number of nitrogens with zero attached hydrogens (tertiary/aromatic N) is 3. The number of piperidine rings is 1. The summed E-state index contributed by atoms with van der Waals surface area (Å²) in [6.07, 6.45) is 1.30. The van der Waals surface area contributed by atoms with Crippen molar-refractivity contribution in [3.63, 3.8) is 0 Å². The van der Waals surface area contributed by atoms with E-state index in [0.29, 0.717) is 59.7 Å². The lowest BCUT2D eigenvalue weighted by molar-refractivity contribution is -0.139. The molecule has 0 saturated carbocycles. The van der Waals surface area contributed by atoms with Crippen molar-refractivity contribution in [1.82, 2.24) is 14.7 Å². The number of likely N-dealkylation sites (N-methyl/N-ethyl adjacent to an activating group) is 1. The number of halogens is 3. The number of hydrogen-bond donors (Lipinski definition) is 0. The summed E-state index contributed by atoms with van der Waals surface area (Å²) in [4.78, 5) is 43.8. The van der Waals surface area contributed by atoms with Gasteiger partial charge in [0.1, 0.15) is 0 Å². The summed E-state index contributed by atoms with van der Waals surface area (Å²) in [6.45, 7) is 3.64. The van der Waals surface area contributed by atoms with Gasteiger partial charge in [-0.15, -0.1) is 0 Å². The Hall–Kier alpha value is -2.28. The fourth-order valence-corrected chi connectivity index (χ4v) is 5.51. The minimum Gasteiger partial charge on any atom is -0.343 e. The van der Waals surface area contributed by atoms with Crippen molar-refractivity contribution >= 4 is 52.5 Å². The Morgan fingerprint density at radius 3 is 2.14 bits per heavy atom. The van der Waals surface area contributed by atoms with E-state index in [1.807, 2.05) is 17.0 Å². The van der Waals surface area contributed by atoms with Gasteiger partial charge >= 0.3 is 0 Å². The average molecular weight is 537 g/mol. The van der Waals surface area contributed by atoms with Crippen molar-refractivity contribution in [2.45, 2.75) is 31.7 Å². The van der Waals surface area contributed by atoms with Gasteiger partial charge in [0.2, 0.25) is 11.8 Å². The van der Waals surface area contributed by atoms with E-state index in [0.717, 1.165) is 5.56 Å². The Morgan fingerprint density at radius 1 is 0.886 bits per heavy atom. The topological polar surface area (TPSA) is 60.9 Å². The Kier molecular flexibility index (Phi) is 7.94. The molecule has 2 saturated heterocycles. The number of amides is 3. The maximum absolute atomic E-state index is 13.5. The Labute approximate surface area is 220 Å². The average Bonchev–Trinajstić information content (AvgIpc) is 3.30. The van der Waals surface area contributed by atoms with Gasteiger partial charge < -0.3 is 14.7 Å². The zero-order valence-electron chi connectivity index (χ0n) is 19.7. The highest BCUT2D eigenvalue weighted by atomic mass is 35.5. The van der Waals surface area contributed by atoms with Gasteiger partial charge in [-0.2, -0.15) is 0 Å². The molecule has 2 aliphatic heterocycles. The van der Waals surface area contributed by atoms with Crippen LogP contribution in [0.3, 0.4) is 0 Å². The second kappa shape index (κ2) is 10.8. The molecule has 2 aliphatic rings. The molecule has 0 spiro atoms. The van der Waals surface area contributed by atoms with Crippen molar-refractivity contribution in [3.05, 3.63) is 68.7 Å². The third-order valence-corrected chi connectivity index (χ3v) is 8.16. The van der Waals surface area contributed by atoms with Crippen LogP contribution in [-0.2, 0) is 9.59 Å². The minimum atomic E-state index is -0.239. The number of hydrogen-bond acceptors (Lipinski definition) is 3. The third kappa shape index (κ3) is 5.60. The highest BCUT2D eigenvalue weighted by Crippen LogP contribution is 2.36. The molecule has 0 N–H and O–H groups in total. The molecule has 2 aromatic carbocycles. The molecule has 4 rings (SSSR count).